The van der Waals surface area contributed by atoms with Crippen molar-refractivity contribution in [1.82, 2.24) is 10.6 Å². The number of nitrogens with one attached hydrogen (secondary N) is 2. The van der Waals surface area contributed by atoms with E-state index in [1.807, 2.05) is 11.4 Å². The lowest BCUT2D eigenvalue weighted by Crippen LogP contribution is -2.69. The number of alkyl halides is 2. The first-order valence-corrected chi connectivity index (χ1v) is 7.75. The minimum atomic E-state index is -2.10. The smallest absolute Gasteiger partial charge is 0.407 e. The molecule has 0 bridgehead atoms. The molecule has 1 rings (SSSR count). The molecule has 2 amide bonds. The third-order valence-electron chi connectivity index (χ3n) is 3.73. The van der Waals surface area contributed by atoms with Crippen molar-refractivity contribution in [1.29, 1.82) is 0 Å². The number of carbonyl (C=O) groups excluding carboxylic acids is 1. The van der Waals surface area contributed by atoms with Crippen molar-refractivity contribution in [2.45, 2.75) is 39.0 Å². The molecule has 0 aromatic heterocycles. The van der Waals surface area contributed by atoms with E-state index in [1.165, 1.54) is 0 Å². The van der Waals surface area contributed by atoms with Crippen molar-refractivity contribution in [3.05, 3.63) is 35.9 Å². The maximum Gasteiger partial charge on any atom is 0.407 e. The summed E-state index contributed by atoms with van der Waals surface area (Å²) in [5, 5.41) is 13.2. The van der Waals surface area contributed by atoms with E-state index in [4.69, 9.17) is 9.84 Å². The molecule has 8 heteroatoms. The van der Waals surface area contributed by atoms with Gasteiger partial charge in [-0.2, -0.15) is 0 Å². The van der Waals surface area contributed by atoms with Crippen LogP contribution in [0, 0.1) is 5.41 Å². The molecule has 0 aliphatic rings. The minimum absolute atomic E-state index is 0.0197. The standard InChI is InChI=1S/C17H24F2N2O4/c1-16(2,3)13(17(10-18,11-19)21-14(22)23)20-15(24)25-9-12-7-5-4-6-8-12/h4-8,13,21H,9-11H2,1-3H3,(H,20,24)(H,22,23). The SMILES string of the molecule is CC(C)(C)C(NC(=O)OCc1ccccc1)C(CF)(CF)NC(=O)O. The second-order valence-electron chi connectivity index (χ2n) is 6.86. The number of ether oxygens (including phenoxy) is 1. The Hall–Kier alpha value is -2.38. The van der Waals surface area contributed by atoms with E-state index in [-0.39, 0.29) is 6.61 Å². The molecular weight excluding hydrogens is 334 g/mol. The van der Waals surface area contributed by atoms with E-state index in [1.54, 1.807) is 45.0 Å². The highest BCUT2D eigenvalue weighted by atomic mass is 19.1. The molecule has 0 aliphatic carbocycles. The number of carboxylic acid groups (broad SMARTS) is 1. The Morgan fingerprint density at radius 3 is 2.16 bits per heavy atom. The van der Waals surface area contributed by atoms with Crippen LogP contribution in [0.4, 0.5) is 18.4 Å². The number of benzene rings is 1. The van der Waals surface area contributed by atoms with Crippen molar-refractivity contribution >= 4 is 12.2 Å². The van der Waals surface area contributed by atoms with Gasteiger partial charge in [0.25, 0.3) is 0 Å². The number of rotatable bonds is 7. The van der Waals surface area contributed by atoms with E-state index < -0.39 is 42.5 Å². The molecule has 1 aromatic carbocycles. The van der Waals surface area contributed by atoms with Gasteiger partial charge in [-0.15, -0.1) is 0 Å². The van der Waals surface area contributed by atoms with Crippen LogP contribution in [0.2, 0.25) is 0 Å². The summed E-state index contributed by atoms with van der Waals surface area (Å²) in [6, 6.07) is 7.72. The van der Waals surface area contributed by atoms with Crippen LogP contribution >= 0.6 is 0 Å². The van der Waals surface area contributed by atoms with E-state index in [0.717, 1.165) is 5.56 Å². The highest BCUT2D eigenvalue weighted by Crippen LogP contribution is 2.29. The molecule has 3 N–H and O–H groups in total. The zero-order chi connectivity index (χ0) is 19.1. The highest BCUT2D eigenvalue weighted by molar-refractivity contribution is 5.69. The van der Waals surface area contributed by atoms with Crippen molar-refractivity contribution in [3.8, 4) is 0 Å². The van der Waals surface area contributed by atoms with E-state index in [2.05, 4.69) is 5.32 Å². The first kappa shape index (κ1) is 20.7. The van der Waals surface area contributed by atoms with Gasteiger partial charge in [0.1, 0.15) is 25.5 Å². The third kappa shape index (κ3) is 5.88. The van der Waals surface area contributed by atoms with Gasteiger partial charge in [0.15, 0.2) is 0 Å². The quantitative estimate of drug-likeness (QED) is 0.698. The molecule has 0 fully saturated rings. The van der Waals surface area contributed by atoms with Crippen molar-refractivity contribution in [2.75, 3.05) is 13.3 Å². The summed E-state index contributed by atoms with van der Waals surface area (Å²) >= 11 is 0. The van der Waals surface area contributed by atoms with Gasteiger partial charge in [-0.05, 0) is 11.0 Å². The lowest BCUT2D eigenvalue weighted by Gasteiger charge is -2.43. The number of hydrogen-bond donors (Lipinski definition) is 3. The zero-order valence-electron chi connectivity index (χ0n) is 14.5. The van der Waals surface area contributed by atoms with Gasteiger partial charge in [0.05, 0.1) is 6.04 Å². The maximum absolute atomic E-state index is 13.6. The summed E-state index contributed by atoms with van der Waals surface area (Å²) in [7, 11) is 0. The van der Waals surface area contributed by atoms with Crippen LogP contribution < -0.4 is 10.6 Å². The molecule has 0 spiro atoms. The van der Waals surface area contributed by atoms with E-state index in [9.17, 15) is 18.4 Å². The molecule has 140 valence electrons. The van der Waals surface area contributed by atoms with Crippen LogP contribution in [-0.4, -0.2) is 42.2 Å². The second kappa shape index (κ2) is 8.64. The van der Waals surface area contributed by atoms with Crippen molar-refractivity contribution in [2.24, 2.45) is 5.41 Å². The topological polar surface area (TPSA) is 87.7 Å². The van der Waals surface area contributed by atoms with Crippen LogP contribution in [0.1, 0.15) is 26.3 Å². The van der Waals surface area contributed by atoms with Gasteiger partial charge in [0.2, 0.25) is 0 Å². The Morgan fingerprint density at radius 1 is 1.16 bits per heavy atom. The normalized spacial score (nSPS) is 13.0. The second-order valence-corrected chi connectivity index (χ2v) is 6.86. The molecule has 25 heavy (non-hydrogen) atoms. The fraction of sp³-hybridized carbons (Fsp3) is 0.529. The number of amides is 2. The van der Waals surface area contributed by atoms with Crippen LogP contribution in [0.5, 0.6) is 0 Å². The fourth-order valence-corrected chi connectivity index (χ4v) is 2.61. The molecule has 0 saturated heterocycles. The van der Waals surface area contributed by atoms with Crippen molar-refractivity contribution in [3.63, 3.8) is 0 Å². The molecule has 1 atom stereocenters. The van der Waals surface area contributed by atoms with Crippen LogP contribution in [0.25, 0.3) is 0 Å². The van der Waals surface area contributed by atoms with Crippen LogP contribution in [0.3, 0.4) is 0 Å². The Bertz CT molecular complexity index is 572. The minimum Gasteiger partial charge on any atom is -0.465 e. The first-order chi connectivity index (χ1) is 11.6. The van der Waals surface area contributed by atoms with Crippen molar-refractivity contribution < 1.29 is 28.2 Å². The Labute approximate surface area is 145 Å². The van der Waals surface area contributed by atoms with Gasteiger partial charge < -0.3 is 20.5 Å². The summed E-state index contributed by atoms with van der Waals surface area (Å²) in [4.78, 5) is 23.1. The predicted molar refractivity (Wildman–Crippen MR) is 88.8 cm³/mol. The summed E-state index contributed by atoms with van der Waals surface area (Å²) in [6.45, 7) is 2.25. The summed E-state index contributed by atoms with van der Waals surface area (Å²) in [6.07, 6.45) is -2.47. The molecule has 1 aromatic rings. The average Bonchev–Trinajstić information content (AvgIpc) is 2.56. The molecule has 0 radical (unpaired) electrons. The molecule has 0 saturated carbocycles. The average molecular weight is 358 g/mol. The van der Waals surface area contributed by atoms with Gasteiger partial charge in [-0.25, -0.2) is 18.4 Å². The monoisotopic (exact) mass is 358 g/mol. The molecule has 6 nitrogen and oxygen atoms in total. The van der Waals surface area contributed by atoms with Crippen LogP contribution in [0.15, 0.2) is 30.3 Å². The Balaban J connectivity index is 2.91. The van der Waals surface area contributed by atoms with Gasteiger partial charge in [-0.3, -0.25) is 0 Å². The van der Waals surface area contributed by atoms with Crippen LogP contribution in [-0.2, 0) is 11.3 Å². The lowest BCUT2D eigenvalue weighted by molar-refractivity contribution is 0.0644. The Morgan fingerprint density at radius 2 is 1.72 bits per heavy atom. The van der Waals surface area contributed by atoms with Gasteiger partial charge in [0, 0.05) is 0 Å². The largest absolute Gasteiger partial charge is 0.465 e. The highest BCUT2D eigenvalue weighted by Gasteiger charge is 2.48. The number of carbonyl (C=O) groups is 2. The van der Waals surface area contributed by atoms with E-state index in [0.29, 0.717) is 0 Å². The summed E-state index contributed by atoms with van der Waals surface area (Å²) in [5.74, 6) is 0. The molecule has 0 aliphatic heterocycles. The number of halogens is 2. The van der Waals surface area contributed by atoms with Gasteiger partial charge in [-0.1, -0.05) is 51.1 Å². The summed E-state index contributed by atoms with van der Waals surface area (Å²) in [5.41, 5.74) is -2.20. The molecular formula is C17H24F2N2O4. The fourth-order valence-electron chi connectivity index (χ4n) is 2.61. The lowest BCUT2D eigenvalue weighted by atomic mass is 9.75. The number of alkyl carbamates (subject to hydrolysis) is 1. The van der Waals surface area contributed by atoms with Gasteiger partial charge >= 0.3 is 12.2 Å². The predicted octanol–water partition coefficient (Wildman–Crippen LogP) is 3.27. The molecule has 0 heterocycles. The first-order valence-electron chi connectivity index (χ1n) is 7.75. The zero-order valence-corrected chi connectivity index (χ0v) is 14.5. The Kier molecular flexibility index (Phi) is 7.14. The third-order valence-corrected chi connectivity index (χ3v) is 3.73. The molecule has 1 unspecified atom stereocenters. The summed E-state index contributed by atoms with van der Waals surface area (Å²) < 4.78 is 32.3. The maximum atomic E-state index is 13.6. The van der Waals surface area contributed by atoms with E-state index >= 15 is 0 Å². The number of hydrogen-bond acceptors (Lipinski definition) is 3.